The fourth-order valence-electron chi connectivity index (χ4n) is 2.60. The number of hydrogen-bond acceptors (Lipinski definition) is 6. The molecule has 0 radical (unpaired) electrons. The predicted octanol–water partition coefficient (Wildman–Crippen LogP) is 0.000400. The van der Waals surface area contributed by atoms with Gasteiger partial charge in [0.2, 0.25) is 0 Å². The summed E-state index contributed by atoms with van der Waals surface area (Å²) in [5.74, 6) is 1.58. The van der Waals surface area contributed by atoms with Crippen molar-refractivity contribution in [2.24, 2.45) is 0 Å². The van der Waals surface area contributed by atoms with Crippen LogP contribution in [-0.2, 0) is 13.1 Å². The molecule has 2 aliphatic rings. The van der Waals surface area contributed by atoms with Crippen molar-refractivity contribution in [3.8, 4) is 11.5 Å². The first-order valence-electron chi connectivity index (χ1n) is 6.52. The van der Waals surface area contributed by atoms with E-state index in [1.807, 2.05) is 0 Å². The summed E-state index contributed by atoms with van der Waals surface area (Å²) in [5.41, 5.74) is 5.99. The number of hydrazine groups is 1. The summed E-state index contributed by atoms with van der Waals surface area (Å²) in [7, 11) is 3.34. The summed E-state index contributed by atoms with van der Waals surface area (Å²) < 4.78 is 10.7. The smallest absolute Gasteiger partial charge is 0.161 e. The highest BCUT2D eigenvalue weighted by Crippen LogP contribution is 2.34. The summed E-state index contributed by atoms with van der Waals surface area (Å²) in [6.45, 7) is 3.74. The maximum absolute atomic E-state index is 5.34. The van der Waals surface area contributed by atoms with Crippen molar-refractivity contribution in [3.63, 3.8) is 0 Å². The molecule has 6 nitrogen and oxygen atoms in total. The second-order valence-corrected chi connectivity index (χ2v) is 4.80. The van der Waals surface area contributed by atoms with Gasteiger partial charge < -0.3 is 9.47 Å². The van der Waals surface area contributed by atoms with Crippen LogP contribution in [0.3, 0.4) is 0 Å². The Kier molecular flexibility index (Phi) is 3.56. The minimum Gasteiger partial charge on any atom is -0.493 e. The largest absolute Gasteiger partial charge is 0.493 e. The number of hydrogen-bond donors (Lipinski definition) is 3. The van der Waals surface area contributed by atoms with E-state index < -0.39 is 0 Å². The van der Waals surface area contributed by atoms with Crippen LogP contribution in [0, 0.1) is 0 Å². The van der Waals surface area contributed by atoms with Crippen LogP contribution in [0.5, 0.6) is 11.5 Å². The molecule has 104 valence electrons. The van der Waals surface area contributed by atoms with Crippen molar-refractivity contribution >= 4 is 0 Å². The van der Waals surface area contributed by atoms with Crippen molar-refractivity contribution in [3.05, 3.63) is 23.3 Å². The van der Waals surface area contributed by atoms with Crippen LogP contribution in [0.25, 0.3) is 0 Å². The zero-order valence-corrected chi connectivity index (χ0v) is 11.3. The maximum atomic E-state index is 5.34. The van der Waals surface area contributed by atoms with Crippen LogP contribution in [0.1, 0.15) is 11.1 Å². The molecule has 1 aromatic rings. The second kappa shape index (κ2) is 5.34. The SMILES string of the molecule is COc1cc2c(cc1OC)CN(NC1NCCN1)C2. The maximum Gasteiger partial charge on any atom is 0.161 e. The lowest BCUT2D eigenvalue weighted by Crippen LogP contribution is -2.52. The molecule has 19 heavy (non-hydrogen) atoms. The molecule has 1 saturated heterocycles. The number of fused-ring (bicyclic) bond motifs is 1. The molecule has 0 amide bonds. The molecule has 6 heteroatoms. The summed E-state index contributed by atoms with van der Waals surface area (Å²) in [6, 6.07) is 4.12. The van der Waals surface area contributed by atoms with Crippen LogP contribution >= 0.6 is 0 Å². The summed E-state index contributed by atoms with van der Waals surface area (Å²) in [4.78, 5) is 0. The molecular formula is C13H20N4O2. The molecule has 0 atom stereocenters. The van der Waals surface area contributed by atoms with Gasteiger partial charge in [0.05, 0.1) is 14.2 Å². The molecule has 0 aliphatic carbocycles. The fourth-order valence-corrected chi connectivity index (χ4v) is 2.60. The highest BCUT2D eigenvalue weighted by atomic mass is 16.5. The monoisotopic (exact) mass is 264 g/mol. The van der Waals surface area contributed by atoms with Gasteiger partial charge in [0.25, 0.3) is 0 Å². The van der Waals surface area contributed by atoms with E-state index in [-0.39, 0.29) is 6.29 Å². The highest BCUT2D eigenvalue weighted by Gasteiger charge is 2.24. The van der Waals surface area contributed by atoms with E-state index >= 15 is 0 Å². The number of rotatable bonds is 4. The zero-order valence-electron chi connectivity index (χ0n) is 11.3. The molecule has 1 fully saturated rings. The first-order chi connectivity index (χ1) is 9.30. The van der Waals surface area contributed by atoms with Crippen LogP contribution in [0.2, 0.25) is 0 Å². The first-order valence-corrected chi connectivity index (χ1v) is 6.52. The minimum atomic E-state index is 0.165. The molecule has 3 rings (SSSR count). The number of nitrogens with zero attached hydrogens (tertiary/aromatic N) is 1. The summed E-state index contributed by atoms with van der Waals surface area (Å²) in [5, 5.41) is 8.88. The Morgan fingerprint density at radius 1 is 1.05 bits per heavy atom. The van der Waals surface area contributed by atoms with Crippen molar-refractivity contribution < 1.29 is 9.47 Å². The van der Waals surface area contributed by atoms with Gasteiger partial charge in [0.1, 0.15) is 6.29 Å². The Morgan fingerprint density at radius 3 is 2.05 bits per heavy atom. The Bertz CT molecular complexity index is 427. The third-order valence-electron chi connectivity index (χ3n) is 3.56. The number of ether oxygens (including phenoxy) is 2. The Balaban J connectivity index is 1.72. The minimum absolute atomic E-state index is 0.165. The average Bonchev–Trinajstić information content (AvgIpc) is 3.05. The lowest BCUT2D eigenvalue weighted by molar-refractivity contribution is 0.141. The number of benzene rings is 1. The van der Waals surface area contributed by atoms with Gasteiger partial charge in [-0.3, -0.25) is 10.6 Å². The highest BCUT2D eigenvalue weighted by molar-refractivity contribution is 5.48. The summed E-state index contributed by atoms with van der Waals surface area (Å²) >= 11 is 0. The van der Waals surface area contributed by atoms with E-state index in [2.05, 4.69) is 33.2 Å². The molecular weight excluding hydrogens is 244 g/mol. The van der Waals surface area contributed by atoms with E-state index in [9.17, 15) is 0 Å². The Hall–Kier alpha value is -1.34. The van der Waals surface area contributed by atoms with Gasteiger partial charge >= 0.3 is 0 Å². The average molecular weight is 264 g/mol. The second-order valence-electron chi connectivity index (χ2n) is 4.80. The fraction of sp³-hybridized carbons (Fsp3) is 0.538. The molecule has 0 unspecified atom stereocenters. The molecule has 0 spiro atoms. The predicted molar refractivity (Wildman–Crippen MR) is 71.7 cm³/mol. The van der Waals surface area contributed by atoms with Gasteiger partial charge in [-0.25, -0.2) is 10.4 Å². The molecule has 2 aliphatic heterocycles. The normalized spacial score (nSPS) is 19.7. The van der Waals surface area contributed by atoms with Crippen molar-refractivity contribution in [1.29, 1.82) is 0 Å². The Morgan fingerprint density at radius 2 is 1.58 bits per heavy atom. The van der Waals surface area contributed by atoms with E-state index in [0.29, 0.717) is 0 Å². The quantitative estimate of drug-likeness (QED) is 0.712. The Labute approximate surface area is 113 Å². The summed E-state index contributed by atoms with van der Waals surface area (Å²) in [6.07, 6.45) is 0.165. The molecule has 0 aromatic heterocycles. The van der Waals surface area contributed by atoms with Crippen LogP contribution in [0.4, 0.5) is 0 Å². The van der Waals surface area contributed by atoms with E-state index in [1.165, 1.54) is 11.1 Å². The molecule has 3 N–H and O–H groups in total. The van der Waals surface area contributed by atoms with Gasteiger partial charge in [-0.1, -0.05) is 0 Å². The van der Waals surface area contributed by atoms with Crippen LogP contribution in [0.15, 0.2) is 12.1 Å². The van der Waals surface area contributed by atoms with Gasteiger partial charge in [0, 0.05) is 26.2 Å². The number of methoxy groups -OCH3 is 2. The third-order valence-corrected chi connectivity index (χ3v) is 3.56. The first kappa shape index (κ1) is 12.7. The van der Waals surface area contributed by atoms with Crippen molar-refractivity contribution in [2.45, 2.75) is 19.4 Å². The van der Waals surface area contributed by atoms with Crippen molar-refractivity contribution in [1.82, 2.24) is 21.1 Å². The lowest BCUT2D eigenvalue weighted by atomic mass is 10.1. The van der Waals surface area contributed by atoms with Crippen LogP contribution < -0.4 is 25.5 Å². The standard InChI is InChI=1S/C13H20N4O2/c1-18-11-5-9-7-17(16-13-14-3-4-15-13)8-10(9)6-12(11)19-2/h5-6,13-16H,3-4,7-8H2,1-2H3. The van der Waals surface area contributed by atoms with E-state index in [1.54, 1.807) is 14.2 Å². The zero-order chi connectivity index (χ0) is 13.2. The van der Waals surface area contributed by atoms with Gasteiger partial charge in [-0.15, -0.1) is 0 Å². The molecule has 0 saturated carbocycles. The van der Waals surface area contributed by atoms with Crippen LogP contribution in [-0.4, -0.2) is 38.6 Å². The number of nitrogens with one attached hydrogen (secondary N) is 3. The van der Waals surface area contributed by atoms with E-state index in [0.717, 1.165) is 37.7 Å². The van der Waals surface area contributed by atoms with Gasteiger partial charge in [-0.2, -0.15) is 0 Å². The third kappa shape index (κ3) is 2.52. The van der Waals surface area contributed by atoms with Gasteiger partial charge in [-0.05, 0) is 23.3 Å². The molecule has 0 bridgehead atoms. The van der Waals surface area contributed by atoms with E-state index in [4.69, 9.17) is 9.47 Å². The van der Waals surface area contributed by atoms with Crippen molar-refractivity contribution in [2.75, 3.05) is 27.3 Å². The topological polar surface area (TPSA) is 57.8 Å². The molecule has 2 heterocycles. The van der Waals surface area contributed by atoms with Gasteiger partial charge in [0.15, 0.2) is 11.5 Å². The molecule has 1 aromatic carbocycles. The lowest BCUT2D eigenvalue weighted by Gasteiger charge is -2.22.